The van der Waals surface area contributed by atoms with Gasteiger partial charge in [0.1, 0.15) is 0 Å². The Morgan fingerprint density at radius 2 is 1.87 bits per heavy atom. The van der Waals surface area contributed by atoms with Gasteiger partial charge in [0.2, 0.25) is 0 Å². The molecule has 6 heteroatoms. The van der Waals surface area contributed by atoms with Crippen molar-refractivity contribution in [2.75, 3.05) is 51.0 Å². The van der Waals surface area contributed by atoms with Crippen molar-refractivity contribution < 1.29 is 0 Å². The SMILES string of the molecule is CN=C(NCC(C)(C)SC)NCC1(N2CCSCC2)CCCC1. The van der Waals surface area contributed by atoms with E-state index in [2.05, 4.69) is 52.4 Å². The number of nitrogens with one attached hydrogen (secondary N) is 2. The zero-order valence-corrected chi connectivity index (χ0v) is 16.9. The molecule has 1 aliphatic carbocycles. The van der Waals surface area contributed by atoms with Crippen molar-refractivity contribution in [1.29, 1.82) is 0 Å². The van der Waals surface area contributed by atoms with Crippen LogP contribution in [0.5, 0.6) is 0 Å². The molecule has 0 spiro atoms. The third-order valence-corrected chi connectivity index (χ3v) is 7.45. The lowest BCUT2D eigenvalue weighted by Gasteiger charge is -2.43. The van der Waals surface area contributed by atoms with E-state index in [1.54, 1.807) is 0 Å². The number of nitrogens with zero attached hydrogens (tertiary/aromatic N) is 2. The summed E-state index contributed by atoms with van der Waals surface area (Å²) >= 11 is 3.99. The van der Waals surface area contributed by atoms with Gasteiger partial charge < -0.3 is 10.6 Å². The number of aliphatic imine (C=N–C) groups is 1. The van der Waals surface area contributed by atoms with E-state index in [1.165, 1.54) is 50.3 Å². The second kappa shape index (κ2) is 8.86. The van der Waals surface area contributed by atoms with Crippen molar-refractivity contribution in [2.24, 2.45) is 4.99 Å². The second-order valence-corrected chi connectivity index (χ2v) is 10.0. The van der Waals surface area contributed by atoms with E-state index in [0.717, 1.165) is 19.0 Å². The summed E-state index contributed by atoms with van der Waals surface area (Å²) in [4.78, 5) is 7.18. The van der Waals surface area contributed by atoms with Crippen LogP contribution in [0.1, 0.15) is 39.5 Å². The molecule has 134 valence electrons. The average molecular weight is 359 g/mol. The van der Waals surface area contributed by atoms with E-state index in [1.807, 2.05) is 18.8 Å². The van der Waals surface area contributed by atoms with Gasteiger partial charge in [0.15, 0.2) is 5.96 Å². The quantitative estimate of drug-likeness (QED) is 0.564. The molecule has 2 fully saturated rings. The van der Waals surface area contributed by atoms with Gasteiger partial charge in [0, 0.05) is 55.0 Å². The molecule has 0 radical (unpaired) electrons. The summed E-state index contributed by atoms with van der Waals surface area (Å²) in [6, 6.07) is 0. The van der Waals surface area contributed by atoms with Gasteiger partial charge in [-0.25, -0.2) is 0 Å². The minimum Gasteiger partial charge on any atom is -0.355 e. The zero-order valence-electron chi connectivity index (χ0n) is 15.3. The molecule has 0 aromatic rings. The topological polar surface area (TPSA) is 39.7 Å². The summed E-state index contributed by atoms with van der Waals surface area (Å²) in [6.07, 6.45) is 7.57. The molecule has 0 unspecified atom stereocenters. The Morgan fingerprint density at radius 3 is 2.43 bits per heavy atom. The van der Waals surface area contributed by atoms with Gasteiger partial charge in [-0.05, 0) is 32.9 Å². The first kappa shape index (κ1) is 19.3. The lowest BCUT2D eigenvalue weighted by molar-refractivity contribution is 0.107. The third-order valence-electron chi connectivity index (χ3n) is 5.26. The van der Waals surface area contributed by atoms with E-state index in [9.17, 15) is 0 Å². The monoisotopic (exact) mass is 358 g/mol. The number of rotatable bonds is 6. The van der Waals surface area contributed by atoms with Gasteiger partial charge >= 0.3 is 0 Å². The molecule has 0 aromatic carbocycles. The number of guanidine groups is 1. The van der Waals surface area contributed by atoms with Crippen LogP contribution in [-0.4, -0.2) is 72.1 Å². The Morgan fingerprint density at radius 1 is 1.22 bits per heavy atom. The smallest absolute Gasteiger partial charge is 0.191 e. The van der Waals surface area contributed by atoms with Gasteiger partial charge in [0.05, 0.1) is 0 Å². The molecule has 2 N–H and O–H groups in total. The molecule has 1 aliphatic heterocycles. The Balaban J connectivity index is 1.89. The molecule has 0 aromatic heterocycles. The fourth-order valence-electron chi connectivity index (χ4n) is 3.51. The van der Waals surface area contributed by atoms with Gasteiger partial charge in [-0.2, -0.15) is 23.5 Å². The van der Waals surface area contributed by atoms with Crippen molar-refractivity contribution in [3.8, 4) is 0 Å². The van der Waals surface area contributed by atoms with Crippen molar-refractivity contribution >= 4 is 29.5 Å². The third kappa shape index (κ3) is 5.46. The number of hydrogen-bond acceptors (Lipinski definition) is 4. The van der Waals surface area contributed by atoms with Gasteiger partial charge in [0.25, 0.3) is 0 Å². The summed E-state index contributed by atoms with van der Waals surface area (Å²) in [6.45, 7) is 8.98. The second-order valence-electron chi connectivity index (χ2n) is 7.27. The first-order chi connectivity index (χ1) is 11.0. The minimum absolute atomic E-state index is 0.229. The molecule has 0 atom stereocenters. The van der Waals surface area contributed by atoms with Crippen LogP contribution < -0.4 is 10.6 Å². The molecule has 23 heavy (non-hydrogen) atoms. The molecule has 1 saturated carbocycles. The highest BCUT2D eigenvalue weighted by Gasteiger charge is 2.40. The summed E-state index contributed by atoms with van der Waals surface area (Å²) in [5, 5.41) is 7.13. The van der Waals surface area contributed by atoms with Crippen LogP contribution in [0.15, 0.2) is 4.99 Å². The average Bonchev–Trinajstić information content (AvgIpc) is 3.06. The summed E-state index contributed by atoms with van der Waals surface area (Å²) < 4.78 is 0.229. The lowest BCUT2D eigenvalue weighted by atomic mass is 9.94. The summed E-state index contributed by atoms with van der Waals surface area (Å²) in [7, 11) is 1.88. The Labute approximate surface area is 151 Å². The molecule has 1 saturated heterocycles. The maximum absolute atomic E-state index is 4.43. The first-order valence-corrected chi connectivity index (χ1v) is 11.2. The van der Waals surface area contributed by atoms with Crippen LogP contribution >= 0.6 is 23.5 Å². The standard InChI is InChI=1S/C17H34N4S2/c1-16(2,22-4)13-19-15(18-3)20-14-17(7-5-6-8-17)21-9-11-23-12-10-21/h5-14H2,1-4H3,(H2,18,19,20). The van der Waals surface area contributed by atoms with Crippen molar-refractivity contribution in [2.45, 2.75) is 49.8 Å². The fraction of sp³-hybridized carbons (Fsp3) is 0.941. The lowest BCUT2D eigenvalue weighted by Crippen LogP contribution is -2.58. The molecular weight excluding hydrogens is 324 g/mol. The summed E-state index contributed by atoms with van der Waals surface area (Å²) in [5.41, 5.74) is 0.355. The van der Waals surface area contributed by atoms with E-state index < -0.39 is 0 Å². The van der Waals surface area contributed by atoms with Crippen molar-refractivity contribution in [3.63, 3.8) is 0 Å². The maximum Gasteiger partial charge on any atom is 0.191 e. The summed E-state index contributed by atoms with van der Waals surface area (Å²) in [5.74, 6) is 3.53. The molecule has 0 bridgehead atoms. The highest BCUT2D eigenvalue weighted by atomic mass is 32.2. The molecule has 4 nitrogen and oxygen atoms in total. The predicted molar refractivity (Wildman–Crippen MR) is 107 cm³/mol. The minimum atomic E-state index is 0.229. The Kier molecular flexibility index (Phi) is 7.42. The largest absolute Gasteiger partial charge is 0.355 e. The Bertz CT molecular complexity index is 386. The van der Waals surface area contributed by atoms with Gasteiger partial charge in [-0.3, -0.25) is 9.89 Å². The van der Waals surface area contributed by atoms with E-state index in [0.29, 0.717) is 5.54 Å². The highest BCUT2D eigenvalue weighted by molar-refractivity contribution is 8.00. The van der Waals surface area contributed by atoms with Crippen LogP contribution in [0, 0.1) is 0 Å². The van der Waals surface area contributed by atoms with E-state index >= 15 is 0 Å². The van der Waals surface area contributed by atoms with Gasteiger partial charge in [-0.1, -0.05) is 12.8 Å². The van der Waals surface area contributed by atoms with Gasteiger partial charge in [-0.15, -0.1) is 0 Å². The van der Waals surface area contributed by atoms with E-state index in [4.69, 9.17) is 0 Å². The zero-order chi connectivity index (χ0) is 16.8. The van der Waals surface area contributed by atoms with Crippen molar-refractivity contribution in [3.05, 3.63) is 0 Å². The maximum atomic E-state index is 4.43. The fourth-order valence-corrected chi connectivity index (χ4v) is 4.63. The van der Waals surface area contributed by atoms with Crippen LogP contribution in [-0.2, 0) is 0 Å². The Hall–Kier alpha value is -0.0700. The van der Waals surface area contributed by atoms with Crippen LogP contribution in [0.25, 0.3) is 0 Å². The molecule has 2 aliphatic rings. The first-order valence-electron chi connectivity index (χ1n) is 8.84. The van der Waals surface area contributed by atoms with Crippen molar-refractivity contribution in [1.82, 2.24) is 15.5 Å². The molecule has 0 amide bonds. The van der Waals surface area contributed by atoms with Crippen LogP contribution in [0.3, 0.4) is 0 Å². The number of hydrogen-bond donors (Lipinski definition) is 2. The van der Waals surface area contributed by atoms with E-state index in [-0.39, 0.29) is 4.75 Å². The van der Waals surface area contributed by atoms with Crippen LogP contribution in [0.4, 0.5) is 0 Å². The van der Waals surface area contributed by atoms with Crippen LogP contribution in [0.2, 0.25) is 0 Å². The normalized spacial score (nSPS) is 23.0. The predicted octanol–water partition coefficient (Wildman–Crippen LogP) is 2.65. The molecule has 1 heterocycles. The molecular formula is C17H34N4S2. The number of thioether (sulfide) groups is 2. The highest BCUT2D eigenvalue weighted by Crippen LogP contribution is 2.36. The molecule has 2 rings (SSSR count).